The molecule has 0 N–H and O–H groups in total. The summed E-state index contributed by atoms with van der Waals surface area (Å²) < 4.78 is 6.07. The van der Waals surface area contributed by atoms with Crippen LogP contribution < -0.4 is 4.74 Å². The van der Waals surface area contributed by atoms with Gasteiger partial charge in [0.2, 0.25) is 0 Å². The normalized spacial score (nSPS) is 15.1. The van der Waals surface area contributed by atoms with E-state index in [-0.39, 0.29) is 5.91 Å². The largest absolute Gasteiger partial charge is 0.488 e. The predicted octanol–water partition coefficient (Wildman–Crippen LogP) is 5.29. The number of hydrogen-bond acceptors (Lipinski definition) is 2. The maximum atomic E-state index is 12.8. The molecule has 0 unspecified atom stereocenters. The Morgan fingerprint density at radius 1 is 1.00 bits per heavy atom. The van der Waals surface area contributed by atoms with E-state index < -0.39 is 0 Å². The van der Waals surface area contributed by atoms with Gasteiger partial charge in [0.15, 0.2) is 0 Å². The molecule has 0 radical (unpaired) electrons. The molecule has 1 saturated heterocycles. The lowest BCUT2D eigenvalue weighted by Crippen LogP contribution is -2.37. The fourth-order valence-electron chi connectivity index (χ4n) is 3.67. The molecule has 3 heteroatoms. The molecule has 3 aromatic carbocycles. The highest BCUT2D eigenvalue weighted by atomic mass is 16.5. The number of likely N-dealkylation sites (tertiary alicyclic amines) is 1. The molecule has 138 valence electrons. The van der Waals surface area contributed by atoms with Gasteiger partial charge in [0, 0.05) is 24.0 Å². The Kier molecular flexibility index (Phi) is 5.10. The second-order valence-corrected chi connectivity index (χ2v) is 7.44. The van der Waals surface area contributed by atoms with Gasteiger partial charge in [-0.3, -0.25) is 4.79 Å². The first kappa shape index (κ1) is 17.6. The number of carbonyl (C=O) groups excluding carboxylic acids is 1. The minimum absolute atomic E-state index is 0.133. The molecule has 0 aliphatic carbocycles. The molecule has 0 atom stereocenters. The van der Waals surface area contributed by atoms with Crippen LogP contribution >= 0.6 is 0 Å². The van der Waals surface area contributed by atoms with Crippen molar-refractivity contribution in [2.75, 3.05) is 13.1 Å². The van der Waals surface area contributed by atoms with E-state index in [4.69, 9.17) is 4.74 Å². The smallest absolute Gasteiger partial charge is 0.253 e. The zero-order valence-electron chi connectivity index (χ0n) is 15.7. The molecule has 1 aliphatic rings. The first-order valence-corrected chi connectivity index (χ1v) is 9.69. The maximum Gasteiger partial charge on any atom is 0.253 e. The van der Waals surface area contributed by atoms with Gasteiger partial charge < -0.3 is 9.64 Å². The van der Waals surface area contributed by atoms with E-state index in [0.29, 0.717) is 6.61 Å². The quantitative estimate of drug-likeness (QED) is 0.633. The third-order valence-corrected chi connectivity index (χ3v) is 5.39. The van der Waals surface area contributed by atoms with Crippen LogP contribution in [0.2, 0.25) is 0 Å². The fourth-order valence-corrected chi connectivity index (χ4v) is 3.67. The van der Waals surface area contributed by atoms with Gasteiger partial charge in [-0.2, -0.15) is 0 Å². The average Bonchev–Trinajstić information content (AvgIpc) is 2.72. The fraction of sp³-hybridized carbons (Fsp3) is 0.292. The summed E-state index contributed by atoms with van der Waals surface area (Å²) in [7, 11) is 0. The van der Waals surface area contributed by atoms with Crippen molar-refractivity contribution in [2.45, 2.75) is 26.4 Å². The first-order valence-electron chi connectivity index (χ1n) is 9.69. The Balaban J connectivity index is 1.47. The molecule has 1 fully saturated rings. The van der Waals surface area contributed by atoms with Gasteiger partial charge in [-0.15, -0.1) is 0 Å². The van der Waals surface area contributed by atoms with Gasteiger partial charge in [0.1, 0.15) is 12.4 Å². The van der Waals surface area contributed by atoms with Crippen molar-refractivity contribution < 1.29 is 9.53 Å². The first-order chi connectivity index (χ1) is 13.2. The van der Waals surface area contributed by atoms with Gasteiger partial charge in [-0.25, -0.2) is 0 Å². The minimum atomic E-state index is 0.133. The Labute approximate surface area is 160 Å². The molecule has 0 aromatic heterocycles. The molecule has 0 bridgehead atoms. The van der Waals surface area contributed by atoms with Gasteiger partial charge in [0.25, 0.3) is 5.91 Å². The van der Waals surface area contributed by atoms with Crippen LogP contribution in [0, 0.1) is 5.92 Å². The summed E-state index contributed by atoms with van der Waals surface area (Å²) in [5, 5.41) is 2.27. The number of nitrogens with zero attached hydrogens (tertiary/aromatic N) is 1. The highest BCUT2D eigenvalue weighted by Crippen LogP contribution is 2.26. The Hall–Kier alpha value is -2.81. The lowest BCUT2D eigenvalue weighted by molar-refractivity contribution is 0.0697. The van der Waals surface area contributed by atoms with Crippen LogP contribution in [-0.2, 0) is 6.61 Å². The predicted molar refractivity (Wildman–Crippen MR) is 109 cm³/mol. The average molecular weight is 359 g/mol. The second kappa shape index (κ2) is 7.83. The minimum Gasteiger partial charge on any atom is -0.488 e. The van der Waals surface area contributed by atoms with Crippen molar-refractivity contribution in [3.05, 3.63) is 77.9 Å². The van der Waals surface area contributed by atoms with Gasteiger partial charge in [-0.1, -0.05) is 55.5 Å². The van der Waals surface area contributed by atoms with E-state index >= 15 is 0 Å². The van der Waals surface area contributed by atoms with Crippen LogP contribution in [0.25, 0.3) is 10.8 Å². The monoisotopic (exact) mass is 359 g/mol. The molecule has 27 heavy (non-hydrogen) atoms. The molecule has 0 spiro atoms. The molecule has 3 nitrogen and oxygen atoms in total. The van der Waals surface area contributed by atoms with Gasteiger partial charge in [-0.05, 0) is 47.9 Å². The molecular formula is C24H25NO2. The van der Waals surface area contributed by atoms with Gasteiger partial charge in [0.05, 0.1) is 0 Å². The van der Waals surface area contributed by atoms with Crippen LogP contribution in [0.4, 0.5) is 0 Å². The summed E-state index contributed by atoms with van der Waals surface area (Å²) in [6, 6.07) is 22.1. The highest BCUT2D eigenvalue weighted by Gasteiger charge is 2.21. The van der Waals surface area contributed by atoms with E-state index in [2.05, 4.69) is 25.1 Å². The van der Waals surface area contributed by atoms with Crippen LogP contribution in [0.1, 0.15) is 35.7 Å². The Morgan fingerprint density at radius 3 is 2.59 bits per heavy atom. The standard InChI is InChI=1S/C24H25NO2/c1-18-12-14-25(15-13-18)24(26)21-9-4-6-19(16-21)17-27-23-11-5-8-20-7-2-3-10-22(20)23/h2-11,16,18H,12-15,17H2,1H3. The number of benzene rings is 3. The number of hydrogen-bond donors (Lipinski definition) is 0. The summed E-state index contributed by atoms with van der Waals surface area (Å²) in [5.41, 5.74) is 1.77. The third kappa shape index (κ3) is 3.97. The molecule has 1 amide bonds. The Morgan fingerprint density at radius 2 is 1.74 bits per heavy atom. The van der Waals surface area contributed by atoms with Crippen molar-refractivity contribution >= 4 is 16.7 Å². The van der Waals surface area contributed by atoms with Crippen molar-refractivity contribution in [3.63, 3.8) is 0 Å². The van der Waals surface area contributed by atoms with Crippen LogP contribution in [0.5, 0.6) is 5.75 Å². The van der Waals surface area contributed by atoms with Crippen molar-refractivity contribution in [1.29, 1.82) is 0 Å². The lowest BCUT2D eigenvalue weighted by Gasteiger charge is -2.30. The number of fused-ring (bicyclic) bond motifs is 1. The number of carbonyl (C=O) groups is 1. The van der Waals surface area contributed by atoms with E-state index in [1.165, 1.54) is 5.39 Å². The Bertz CT molecular complexity index is 937. The van der Waals surface area contributed by atoms with Crippen LogP contribution in [0.3, 0.4) is 0 Å². The summed E-state index contributed by atoms with van der Waals surface area (Å²) in [6.07, 6.45) is 2.19. The summed E-state index contributed by atoms with van der Waals surface area (Å²) in [6.45, 7) is 4.42. The summed E-state index contributed by atoms with van der Waals surface area (Å²) in [4.78, 5) is 14.8. The van der Waals surface area contributed by atoms with Crippen LogP contribution in [-0.4, -0.2) is 23.9 Å². The maximum absolute atomic E-state index is 12.8. The van der Waals surface area contributed by atoms with Crippen molar-refractivity contribution in [2.24, 2.45) is 5.92 Å². The summed E-state index contributed by atoms with van der Waals surface area (Å²) in [5.74, 6) is 1.72. The van der Waals surface area contributed by atoms with E-state index in [9.17, 15) is 4.79 Å². The van der Waals surface area contributed by atoms with Crippen LogP contribution in [0.15, 0.2) is 66.7 Å². The zero-order chi connectivity index (χ0) is 18.6. The second-order valence-electron chi connectivity index (χ2n) is 7.44. The number of amides is 1. The van der Waals surface area contributed by atoms with Gasteiger partial charge >= 0.3 is 0 Å². The number of piperidine rings is 1. The SMILES string of the molecule is CC1CCN(C(=O)c2cccc(COc3cccc4ccccc34)c2)CC1. The molecule has 0 saturated carbocycles. The number of ether oxygens (including phenoxy) is 1. The number of rotatable bonds is 4. The molecule has 1 heterocycles. The highest BCUT2D eigenvalue weighted by molar-refractivity contribution is 5.94. The molecular weight excluding hydrogens is 334 g/mol. The molecule has 1 aliphatic heterocycles. The lowest BCUT2D eigenvalue weighted by atomic mass is 9.98. The molecule has 3 aromatic rings. The topological polar surface area (TPSA) is 29.5 Å². The van der Waals surface area contributed by atoms with Crippen molar-refractivity contribution in [1.82, 2.24) is 4.90 Å². The zero-order valence-corrected chi connectivity index (χ0v) is 15.7. The summed E-state index contributed by atoms with van der Waals surface area (Å²) >= 11 is 0. The van der Waals surface area contributed by atoms with E-state index in [1.807, 2.05) is 53.4 Å². The molecule has 4 rings (SSSR count). The van der Waals surface area contributed by atoms with Crippen molar-refractivity contribution in [3.8, 4) is 5.75 Å². The van der Waals surface area contributed by atoms with E-state index in [1.54, 1.807) is 0 Å². The van der Waals surface area contributed by atoms with E-state index in [0.717, 1.165) is 54.1 Å². The third-order valence-electron chi connectivity index (χ3n) is 5.39.